The highest BCUT2D eigenvalue weighted by Gasteiger charge is 2.32. The molecule has 0 spiro atoms. The maximum absolute atomic E-state index is 13.4. The Bertz CT molecular complexity index is 989. The second-order valence-corrected chi connectivity index (χ2v) is 7.18. The molecule has 2 heterocycles. The Labute approximate surface area is 160 Å². The van der Waals surface area contributed by atoms with Crippen LogP contribution in [-0.4, -0.2) is 29.6 Å². The third-order valence-electron chi connectivity index (χ3n) is 5.49. The van der Waals surface area contributed by atoms with Gasteiger partial charge in [0.05, 0.1) is 19.3 Å². The van der Waals surface area contributed by atoms with Gasteiger partial charge >= 0.3 is 6.03 Å². The molecule has 2 aromatic rings. The molecule has 0 fully saturated rings. The normalized spacial score (nSPS) is 18.2. The predicted octanol–water partition coefficient (Wildman–Crippen LogP) is 3.27. The standard InChI is InChI=1S/C20H21F2N3O3/c1-25(20(27)23-11-5-6-14(21)15(22)9-11)17-4-2-3-16-18(17)12-7-8-28-10-13(12)19(26)24-16/h5-6,9,17H,2-4,7-8,10H2,1H3,(H,23,27)(H,24,26)/t17-/m0/s1. The van der Waals surface area contributed by atoms with E-state index >= 15 is 0 Å². The van der Waals surface area contributed by atoms with E-state index in [1.165, 1.54) is 6.07 Å². The number of fused-ring (bicyclic) bond motifs is 3. The minimum absolute atomic E-state index is 0.122. The zero-order valence-corrected chi connectivity index (χ0v) is 15.5. The van der Waals surface area contributed by atoms with Gasteiger partial charge in [0.1, 0.15) is 0 Å². The van der Waals surface area contributed by atoms with E-state index in [9.17, 15) is 18.4 Å². The van der Waals surface area contributed by atoms with Gasteiger partial charge in [0.2, 0.25) is 0 Å². The lowest BCUT2D eigenvalue weighted by molar-refractivity contribution is 0.108. The van der Waals surface area contributed by atoms with Crippen LogP contribution < -0.4 is 10.9 Å². The highest BCUT2D eigenvalue weighted by molar-refractivity contribution is 5.89. The first-order valence-electron chi connectivity index (χ1n) is 9.29. The van der Waals surface area contributed by atoms with E-state index < -0.39 is 17.7 Å². The number of hydrogen-bond acceptors (Lipinski definition) is 3. The third kappa shape index (κ3) is 3.28. The molecule has 2 aliphatic rings. The number of pyridine rings is 1. The molecule has 28 heavy (non-hydrogen) atoms. The molecule has 2 amide bonds. The molecule has 2 N–H and O–H groups in total. The second kappa shape index (κ2) is 7.35. The minimum Gasteiger partial charge on any atom is -0.376 e. The molecule has 0 bridgehead atoms. The van der Waals surface area contributed by atoms with Gasteiger partial charge in [-0.2, -0.15) is 0 Å². The smallest absolute Gasteiger partial charge is 0.322 e. The van der Waals surface area contributed by atoms with Gasteiger partial charge < -0.3 is 19.9 Å². The molecule has 1 atom stereocenters. The molecule has 0 saturated carbocycles. The van der Waals surface area contributed by atoms with Crippen molar-refractivity contribution in [2.45, 2.75) is 38.3 Å². The number of ether oxygens (including phenoxy) is 1. The van der Waals surface area contributed by atoms with Crippen molar-refractivity contribution in [1.82, 2.24) is 9.88 Å². The fourth-order valence-electron chi connectivity index (χ4n) is 4.08. The zero-order valence-electron chi connectivity index (χ0n) is 15.5. The van der Waals surface area contributed by atoms with E-state index in [0.29, 0.717) is 18.6 Å². The molecule has 0 radical (unpaired) electrons. The molecule has 148 valence electrons. The predicted molar refractivity (Wildman–Crippen MR) is 99.2 cm³/mol. The monoisotopic (exact) mass is 389 g/mol. The van der Waals surface area contributed by atoms with Crippen LogP contribution in [0.25, 0.3) is 0 Å². The van der Waals surface area contributed by atoms with Gasteiger partial charge in [-0.15, -0.1) is 0 Å². The van der Waals surface area contributed by atoms with Crippen molar-refractivity contribution in [2.75, 3.05) is 19.0 Å². The van der Waals surface area contributed by atoms with E-state index in [0.717, 1.165) is 48.2 Å². The van der Waals surface area contributed by atoms with Crippen LogP contribution in [0.5, 0.6) is 0 Å². The summed E-state index contributed by atoms with van der Waals surface area (Å²) in [6.45, 7) is 0.815. The molecule has 1 aliphatic carbocycles. The highest BCUT2D eigenvalue weighted by atomic mass is 19.2. The number of H-pyrrole nitrogens is 1. The molecule has 4 rings (SSSR count). The van der Waals surface area contributed by atoms with Crippen LogP contribution in [0.1, 0.15) is 41.3 Å². The number of nitrogens with one attached hydrogen (secondary N) is 2. The number of aromatic nitrogens is 1. The summed E-state index contributed by atoms with van der Waals surface area (Å²) in [5, 5.41) is 2.61. The van der Waals surface area contributed by atoms with Crippen LogP contribution in [0.15, 0.2) is 23.0 Å². The number of benzene rings is 1. The first kappa shape index (κ1) is 18.6. The third-order valence-corrected chi connectivity index (χ3v) is 5.49. The number of rotatable bonds is 2. The van der Waals surface area contributed by atoms with E-state index in [2.05, 4.69) is 10.3 Å². The number of urea groups is 1. The van der Waals surface area contributed by atoms with Crippen molar-refractivity contribution in [3.63, 3.8) is 0 Å². The topological polar surface area (TPSA) is 74.4 Å². The minimum atomic E-state index is -1.02. The fourth-order valence-corrected chi connectivity index (χ4v) is 4.08. The van der Waals surface area contributed by atoms with Crippen molar-refractivity contribution in [1.29, 1.82) is 0 Å². The lowest BCUT2D eigenvalue weighted by Gasteiger charge is -2.36. The van der Waals surface area contributed by atoms with Gasteiger partial charge in [0, 0.05) is 30.1 Å². The lowest BCUT2D eigenvalue weighted by atomic mass is 9.84. The van der Waals surface area contributed by atoms with Crippen molar-refractivity contribution >= 4 is 11.7 Å². The quantitative estimate of drug-likeness (QED) is 0.828. The van der Waals surface area contributed by atoms with Crippen molar-refractivity contribution in [3.8, 4) is 0 Å². The van der Waals surface area contributed by atoms with Crippen LogP contribution in [0.3, 0.4) is 0 Å². The largest absolute Gasteiger partial charge is 0.376 e. The van der Waals surface area contributed by atoms with E-state index in [1.54, 1.807) is 11.9 Å². The number of hydrogen-bond donors (Lipinski definition) is 2. The van der Waals surface area contributed by atoms with E-state index in [-0.39, 0.29) is 23.9 Å². The Kier molecular flexibility index (Phi) is 4.89. The van der Waals surface area contributed by atoms with Gasteiger partial charge in [-0.25, -0.2) is 13.6 Å². The fraction of sp³-hybridized carbons (Fsp3) is 0.400. The summed E-state index contributed by atoms with van der Waals surface area (Å²) in [6.07, 6.45) is 2.99. The van der Waals surface area contributed by atoms with Gasteiger partial charge in [0.15, 0.2) is 11.6 Å². The molecular formula is C20H21F2N3O3. The highest BCUT2D eigenvalue weighted by Crippen LogP contribution is 2.37. The Morgan fingerprint density at radius 1 is 1.25 bits per heavy atom. The van der Waals surface area contributed by atoms with Gasteiger partial charge in [-0.1, -0.05) is 0 Å². The molecule has 0 saturated heterocycles. The Morgan fingerprint density at radius 2 is 2.07 bits per heavy atom. The number of aromatic amines is 1. The molecule has 1 aromatic carbocycles. The molecule has 6 nitrogen and oxygen atoms in total. The number of anilines is 1. The van der Waals surface area contributed by atoms with Crippen molar-refractivity contribution in [2.24, 2.45) is 0 Å². The number of nitrogens with zero attached hydrogens (tertiary/aromatic N) is 1. The first-order valence-corrected chi connectivity index (χ1v) is 9.29. The Balaban J connectivity index is 1.64. The number of carbonyl (C=O) groups excluding carboxylic acids is 1. The van der Waals surface area contributed by atoms with Gasteiger partial charge in [-0.3, -0.25) is 4.79 Å². The summed E-state index contributed by atoms with van der Waals surface area (Å²) in [6, 6.07) is 2.61. The number of carbonyl (C=O) groups is 1. The van der Waals surface area contributed by atoms with Crippen LogP contribution >= 0.6 is 0 Å². The first-order chi connectivity index (χ1) is 13.5. The van der Waals surface area contributed by atoms with Crippen LogP contribution in [0, 0.1) is 11.6 Å². The lowest BCUT2D eigenvalue weighted by Crippen LogP contribution is -2.39. The maximum Gasteiger partial charge on any atom is 0.322 e. The molecule has 0 unspecified atom stereocenters. The Morgan fingerprint density at radius 3 is 2.86 bits per heavy atom. The molecule has 8 heteroatoms. The summed E-state index contributed by atoms with van der Waals surface area (Å²) in [4.78, 5) is 29.6. The average molecular weight is 389 g/mol. The summed E-state index contributed by atoms with van der Waals surface area (Å²) >= 11 is 0. The van der Waals surface area contributed by atoms with Gasteiger partial charge in [-0.05, 0) is 48.9 Å². The van der Waals surface area contributed by atoms with Crippen molar-refractivity contribution in [3.05, 3.63) is 62.6 Å². The SMILES string of the molecule is CN(C(=O)Nc1ccc(F)c(F)c1)[C@H]1CCCc2[nH]c(=O)c3c(c21)CCOC3. The van der Waals surface area contributed by atoms with Crippen LogP contribution in [0.2, 0.25) is 0 Å². The summed E-state index contributed by atoms with van der Waals surface area (Å²) in [5.41, 5.74) is 3.53. The molecular weight excluding hydrogens is 368 g/mol. The number of aryl methyl sites for hydroxylation is 1. The average Bonchev–Trinajstić information content (AvgIpc) is 2.70. The van der Waals surface area contributed by atoms with Crippen molar-refractivity contribution < 1.29 is 18.3 Å². The van der Waals surface area contributed by atoms with E-state index in [1.807, 2.05) is 0 Å². The van der Waals surface area contributed by atoms with Crippen LogP contribution in [-0.2, 0) is 24.2 Å². The number of halogens is 2. The summed E-state index contributed by atoms with van der Waals surface area (Å²) in [7, 11) is 1.67. The summed E-state index contributed by atoms with van der Waals surface area (Å²) in [5.74, 6) is -1.99. The van der Waals surface area contributed by atoms with Gasteiger partial charge in [0.25, 0.3) is 5.56 Å². The molecule has 1 aromatic heterocycles. The maximum atomic E-state index is 13.4. The zero-order chi connectivity index (χ0) is 19.8. The summed E-state index contributed by atoms with van der Waals surface area (Å²) < 4.78 is 32.0. The second-order valence-electron chi connectivity index (χ2n) is 7.18. The van der Waals surface area contributed by atoms with Crippen LogP contribution in [0.4, 0.5) is 19.3 Å². The van der Waals surface area contributed by atoms with E-state index in [4.69, 9.17) is 4.74 Å². The Hall–Kier alpha value is -2.74. The molecule has 1 aliphatic heterocycles. The number of amides is 2.